The summed E-state index contributed by atoms with van der Waals surface area (Å²) in [5.41, 5.74) is -1.95. The molecule has 0 aliphatic carbocycles. The van der Waals surface area contributed by atoms with Crippen molar-refractivity contribution in [3.05, 3.63) is 23.0 Å². The van der Waals surface area contributed by atoms with Crippen LogP contribution >= 0.6 is 36.1 Å². The highest BCUT2D eigenvalue weighted by Gasteiger charge is 2.53. The van der Waals surface area contributed by atoms with Crippen molar-refractivity contribution < 1.29 is 56.3 Å². The first-order chi connectivity index (χ1) is 14.5. The normalized spacial score (nSPS) is 30.3. The second kappa shape index (κ2) is 8.67. The van der Waals surface area contributed by atoms with Crippen LogP contribution in [0.2, 0.25) is 0 Å². The molecule has 1 aliphatic rings. The van der Waals surface area contributed by atoms with Crippen molar-refractivity contribution in [2.45, 2.75) is 30.1 Å². The molecule has 1 aliphatic heterocycles. The molecule has 32 heavy (non-hydrogen) atoms. The zero-order valence-electron chi connectivity index (χ0n) is 15.7. The number of ether oxygens (including phenoxy) is 1. The average Bonchev–Trinajstić information content (AvgIpc) is 3.14. The topological polar surface area (TPSA) is 253 Å². The van der Waals surface area contributed by atoms with E-state index in [2.05, 4.69) is 40.7 Å². The van der Waals surface area contributed by atoms with Gasteiger partial charge in [-0.05, 0) is 6.92 Å². The van der Waals surface area contributed by atoms with Gasteiger partial charge in [-0.2, -0.15) is 21.3 Å². The summed E-state index contributed by atoms with van der Waals surface area (Å²) in [6.07, 6.45) is -0.451. The molecule has 0 aromatic carbocycles. The van der Waals surface area contributed by atoms with Crippen LogP contribution in [0.4, 0.5) is 0 Å². The number of aliphatic hydroxyl groups is 1. The molecule has 2 aromatic rings. The number of H-pyrrole nitrogens is 1. The monoisotopic (exact) mass is 538 g/mol. The van der Waals surface area contributed by atoms with E-state index in [4.69, 9.17) is 14.5 Å². The van der Waals surface area contributed by atoms with Crippen LogP contribution in [0.3, 0.4) is 0 Å². The standard InChI is InChI=1S/C11H17N4O13P3S/c1-11(15-4-14-6-9(15)12-3-13-10(6)17)8(32)7(16)5(26-11)2-25-30(21,22)28-31(23,24)27-29(18,19)20/h3-5,7-8,16,32H,2H2,1H3,(H,21,22)(H,23,24)(H,12,13,17)(H2,18,19,20)/t5-,7-,8-,11-/m1/s1. The fraction of sp³-hybridized carbons (Fsp3) is 0.545. The summed E-state index contributed by atoms with van der Waals surface area (Å²) < 4.78 is 52.7. The third kappa shape index (κ3) is 5.39. The molecule has 180 valence electrons. The van der Waals surface area contributed by atoms with Gasteiger partial charge < -0.3 is 34.4 Å². The van der Waals surface area contributed by atoms with Gasteiger partial charge in [0.05, 0.1) is 30.6 Å². The lowest BCUT2D eigenvalue weighted by Gasteiger charge is -2.29. The SMILES string of the molecule is C[C@@]1(n2cnc3c(=O)[nH]cnc32)O[C@H](COP(=O)(O)OP(=O)(O)OP(=O)(O)O)[C@@H](O)[C@H]1S. The molecule has 17 nitrogen and oxygen atoms in total. The quantitative estimate of drug-likeness (QED) is 0.160. The first-order valence-corrected chi connectivity index (χ1v) is 13.3. The maximum absolute atomic E-state index is 11.9. The minimum absolute atomic E-state index is 0.0240. The number of aromatic nitrogens is 4. The summed E-state index contributed by atoms with van der Waals surface area (Å²) >= 11 is 4.30. The number of nitrogens with one attached hydrogen (secondary N) is 1. The lowest BCUT2D eigenvalue weighted by atomic mass is 10.1. The maximum atomic E-state index is 11.9. The molecule has 0 saturated carbocycles. The number of rotatable bonds is 8. The predicted octanol–water partition coefficient (Wildman–Crippen LogP) is -0.806. The number of thiol groups is 1. The van der Waals surface area contributed by atoms with Gasteiger partial charge in [0.25, 0.3) is 5.56 Å². The van der Waals surface area contributed by atoms with Gasteiger partial charge in [0, 0.05) is 0 Å². The summed E-state index contributed by atoms with van der Waals surface area (Å²) in [5.74, 6) is 0. The first kappa shape index (κ1) is 25.6. The van der Waals surface area contributed by atoms with Crippen molar-refractivity contribution in [3.63, 3.8) is 0 Å². The minimum Gasteiger partial charge on any atom is -0.389 e. The van der Waals surface area contributed by atoms with Crippen LogP contribution in [0, 0.1) is 0 Å². The second-order valence-corrected chi connectivity index (χ2v) is 11.5. The number of phosphoric ester groups is 1. The fourth-order valence-corrected chi connectivity index (χ4v) is 6.35. The first-order valence-electron chi connectivity index (χ1n) is 8.28. The Labute approximate surface area is 183 Å². The van der Waals surface area contributed by atoms with Crippen molar-refractivity contribution in [1.82, 2.24) is 19.5 Å². The highest BCUT2D eigenvalue weighted by Crippen LogP contribution is 2.66. The Balaban J connectivity index is 1.76. The molecule has 21 heteroatoms. The van der Waals surface area contributed by atoms with Crippen LogP contribution in [-0.4, -0.2) is 68.3 Å². The summed E-state index contributed by atoms with van der Waals surface area (Å²) in [4.78, 5) is 57.9. The Bertz CT molecular complexity index is 1210. The van der Waals surface area contributed by atoms with Crippen molar-refractivity contribution in [3.8, 4) is 0 Å². The Morgan fingerprint density at radius 1 is 1.22 bits per heavy atom. The van der Waals surface area contributed by atoms with Crippen LogP contribution in [0.5, 0.6) is 0 Å². The molecule has 2 unspecified atom stereocenters. The van der Waals surface area contributed by atoms with Crippen LogP contribution < -0.4 is 5.56 Å². The number of aromatic amines is 1. The highest BCUT2D eigenvalue weighted by molar-refractivity contribution is 7.81. The lowest BCUT2D eigenvalue weighted by Crippen LogP contribution is -2.39. The molecular weight excluding hydrogens is 521 g/mol. The van der Waals surface area contributed by atoms with Gasteiger partial charge in [0.15, 0.2) is 16.9 Å². The molecular formula is C11H17N4O13P3S. The van der Waals surface area contributed by atoms with E-state index in [-0.39, 0.29) is 11.2 Å². The smallest absolute Gasteiger partial charge is 0.389 e. The number of hydrogen-bond acceptors (Lipinski definition) is 12. The van der Waals surface area contributed by atoms with Gasteiger partial charge in [-0.1, -0.05) is 0 Å². The summed E-state index contributed by atoms with van der Waals surface area (Å²) in [6, 6.07) is 0. The van der Waals surface area contributed by atoms with Crippen molar-refractivity contribution >= 4 is 47.3 Å². The van der Waals surface area contributed by atoms with Crippen LogP contribution in [0.15, 0.2) is 17.4 Å². The molecule has 6 atom stereocenters. The maximum Gasteiger partial charge on any atom is 0.490 e. The number of imidazole rings is 1. The second-order valence-electron chi connectivity index (χ2n) is 6.55. The van der Waals surface area contributed by atoms with Gasteiger partial charge in [-0.15, -0.1) is 0 Å². The van der Waals surface area contributed by atoms with Gasteiger partial charge >= 0.3 is 23.5 Å². The number of phosphoric acid groups is 3. The Hall–Kier alpha value is -0.970. The van der Waals surface area contributed by atoms with Gasteiger partial charge in [0.1, 0.15) is 6.10 Å². The van der Waals surface area contributed by atoms with Crippen LogP contribution in [0.1, 0.15) is 6.92 Å². The molecule has 6 N–H and O–H groups in total. The van der Waals surface area contributed by atoms with E-state index in [0.29, 0.717) is 0 Å². The average molecular weight is 538 g/mol. The molecule has 0 bridgehead atoms. The van der Waals surface area contributed by atoms with E-state index in [9.17, 15) is 33.4 Å². The molecule has 0 spiro atoms. The molecule has 1 fully saturated rings. The molecule has 3 rings (SSSR count). The van der Waals surface area contributed by atoms with Crippen molar-refractivity contribution in [2.75, 3.05) is 6.61 Å². The van der Waals surface area contributed by atoms with E-state index >= 15 is 0 Å². The summed E-state index contributed by atoms with van der Waals surface area (Å²) in [7, 11) is -16.7. The molecule has 0 radical (unpaired) electrons. The Kier molecular flexibility index (Phi) is 6.95. The van der Waals surface area contributed by atoms with E-state index in [0.717, 1.165) is 6.33 Å². The third-order valence-electron chi connectivity index (χ3n) is 4.28. The Morgan fingerprint density at radius 2 is 1.88 bits per heavy atom. The fourth-order valence-electron chi connectivity index (χ4n) is 2.94. The number of nitrogens with zero attached hydrogens (tertiary/aromatic N) is 3. The van der Waals surface area contributed by atoms with E-state index < -0.39 is 58.8 Å². The molecule has 1 saturated heterocycles. The van der Waals surface area contributed by atoms with Crippen LogP contribution in [-0.2, 0) is 37.3 Å². The number of fused-ring (bicyclic) bond motifs is 1. The largest absolute Gasteiger partial charge is 0.490 e. The third-order valence-corrected chi connectivity index (χ3v) is 8.87. The lowest BCUT2D eigenvalue weighted by molar-refractivity contribution is -0.101. The number of hydrogen-bond donors (Lipinski definition) is 7. The molecule has 2 aromatic heterocycles. The molecule has 0 amide bonds. The van der Waals surface area contributed by atoms with Crippen molar-refractivity contribution in [2.24, 2.45) is 0 Å². The number of aliphatic hydroxyl groups excluding tert-OH is 1. The van der Waals surface area contributed by atoms with Gasteiger partial charge in [-0.3, -0.25) is 13.9 Å². The zero-order valence-corrected chi connectivity index (χ0v) is 19.3. The van der Waals surface area contributed by atoms with E-state index in [1.165, 1.54) is 17.8 Å². The zero-order chi connectivity index (χ0) is 24.1. The van der Waals surface area contributed by atoms with Crippen LogP contribution in [0.25, 0.3) is 11.2 Å². The van der Waals surface area contributed by atoms with E-state index in [1.807, 2.05) is 0 Å². The minimum atomic E-state index is -5.69. The predicted molar refractivity (Wildman–Crippen MR) is 105 cm³/mol. The van der Waals surface area contributed by atoms with Gasteiger partial charge in [-0.25, -0.2) is 23.7 Å². The summed E-state index contributed by atoms with van der Waals surface area (Å²) in [5, 5.41) is 9.45. The van der Waals surface area contributed by atoms with Crippen molar-refractivity contribution in [1.29, 1.82) is 0 Å². The summed E-state index contributed by atoms with van der Waals surface area (Å²) in [6.45, 7) is 0.570. The highest BCUT2D eigenvalue weighted by atomic mass is 32.1. The van der Waals surface area contributed by atoms with Gasteiger partial charge in [0.2, 0.25) is 0 Å². The van der Waals surface area contributed by atoms with E-state index in [1.54, 1.807) is 0 Å². The Morgan fingerprint density at radius 3 is 2.50 bits per heavy atom. The molecule has 3 heterocycles.